The summed E-state index contributed by atoms with van der Waals surface area (Å²) in [6, 6.07) is 1.98. The minimum Gasteiger partial charge on any atom is -0.308 e. The number of hydrogen-bond donors (Lipinski definition) is 2. The third kappa shape index (κ3) is 5.19. The Morgan fingerprint density at radius 3 is 3.00 bits per heavy atom. The molecule has 1 aliphatic rings. The molecule has 112 valence electrons. The molecule has 0 radical (unpaired) electrons. The van der Waals surface area contributed by atoms with Crippen LogP contribution in [0.1, 0.15) is 51.1 Å². The van der Waals surface area contributed by atoms with E-state index in [9.17, 15) is 4.79 Å². The SMILES string of the molecule is CCCSCC(=O)Nc1cc(CC2CCCCC2)[nH]n1. The van der Waals surface area contributed by atoms with Crippen LogP contribution in [0.2, 0.25) is 0 Å². The van der Waals surface area contributed by atoms with Crippen LogP contribution in [0.5, 0.6) is 0 Å². The van der Waals surface area contributed by atoms with Gasteiger partial charge in [0, 0.05) is 11.8 Å². The number of aromatic nitrogens is 2. The van der Waals surface area contributed by atoms with E-state index < -0.39 is 0 Å². The van der Waals surface area contributed by atoms with Gasteiger partial charge in [0.15, 0.2) is 5.82 Å². The first kappa shape index (κ1) is 15.4. The van der Waals surface area contributed by atoms with Crippen LogP contribution >= 0.6 is 11.8 Å². The molecule has 1 saturated carbocycles. The van der Waals surface area contributed by atoms with E-state index in [0.717, 1.165) is 30.2 Å². The molecule has 1 heterocycles. The minimum absolute atomic E-state index is 0.0409. The van der Waals surface area contributed by atoms with E-state index in [2.05, 4.69) is 22.4 Å². The van der Waals surface area contributed by atoms with Crippen LogP contribution in [0.4, 0.5) is 5.82 Å². The number of aromatic amines is 1. The van der Waals surface area contributed by atoms with Crippen LogP contribution in [0.25, 0.3) is 0 Å². The van der Waals surface area contributed by atoms with Crippen molar-refractivity contribution in [3.05, 3.63) is 11.8 Å². The van der Waals surface area contributed by atoms with Crippen LogP contribution in [0, 0.1) is 5.92 Å². The lowest BCUT2D eigenvalue weighted by Crippen LogP contribution is -2.14. The number of nitrogens with one attached hydrogen (secondary N) is 2. The second-order valence-electron chi connectivity index (χ2n) is 5.59. The summed E-state index contributed by atoms with van der Waals surface area (Å²) in [6.45, 7) is 2.12. The molecule has 2 N–H and O–H groups in total. The summed E-state index contributed by atoms with van der Waals surface area (Å²) in [5.41, 5.74) is 1.15. The van der Waals surface area contributed by atoms with Gasteiger partial charge in [0.25, 0.3) is 0 Å². The van der Waals surface area contributed by atoms with Gasteiger partial charge < -0.3 is 5.32 Å². The number of carbonyl (C=O) groups is 1. The van der Waals surface area contributed by atoms with Gasteiger partial charge in [-0.25, -0.2) is 0 Å². The fourth-order valence-electron chi connectivity index (χ4n) is 2.72. The molecule has 1 aromatic rings. The lowest BCUT2D eigenvalue weighted by Gasteiger charge is -2.20. The minimum atomic E-state index is 0.0409. The highest BCUT2D eigenvalue weighted by Gasteiger charge is 2.15. The summed E-state index contributed by atoms with van der Waals surface area (Å²) in [4.78, 5) is 11.7. The largest absolute Gasteiger partial charge is 0.308 e. The quantitative estimate of drug-likeness (QED) is 0.755. The number of hydrogen-bond acceptors (Lipinski definition) is 3. The second kappa shape index (κ2) is 8.35. The van der Waals surface area contributed by atoms with Gasteiger partial charge in [0.05, 0.1) is 5.75 Å². The zero-order valence-corrected chi connectivity index (χ0v) is 13.1. The molecule has 2 rings (SSSR count). The molecule has 1 aromatic heterocycles. The maximum atomic E-state index is 11.7. The molecule has 1 aliphatic carbocycles. The standard InChI is InChI=1S/C15H25N3OS/c1-2-8-20-11-15(19)16-14-10-13(17-18-14)9-12-6-4-3-5-7-12/h10,12H,2-9,11H2,1H3,(H2,16,17,18,19). The van der Waals surface area contributed by atoms with Crippen LogP contribution in [-0.4, -0.2) is 27.6 Å². The Bertz CT molecular complexity index is 413. The second-order valence-corrected chi connectivity index (χ2v) is 6.69. The van der Waals surface area contributed by atoms with Gasteiger partial charge in [-0.05, 0) is 24.5 Å². The average Bonchev–Trinajstić information content (AvgIpc) is 2.87. The monoisotopic (exact) mass is 295 g/mol. The Labute approximate surface area is 125 Å². The van der Waals surface area contributed by atoms with E-state index in [4.69, 9.17) is 0 Å². The highest BCUT2D eigenvalue weighted by atomic mass is 32.2. The van der Waals surface area contributed by atoms with Crippen molar-refractivity contribution >= 4 is 23.5 Å². The van der Waals surface area contributed by atoms with Crippen molar-refractivity contribution in [2.75, 3.05) is 16.8 Å². The van der Waals surface area contributed by atoms with Gasteiger partial charge in [0.2, 0.25) is 5.91 Å². The summed E-state index contributed by atoms with van der Waals surface area (Å²) >= 11 is 1.67. The maximum Gasteiger partial charge on any atom is 0.235 e. The van der Waals surface area contributed by atoms with Crippen molar-refractivity contribution in [2.24, 2.45) is 5.92 Å². The van der Waals surface area contributed by atoms with Crippen molar-refractivity contribution in [3.63, 3.8) is 0 Å². The third-order valence-corrected chi connectivity index (χ3v) is 4.88. The van der Waals surface area contributed by atoms with Gasteiger partial charge in [-0.1, -0.05) is 39.0 Å². The lowest BCUT2D eigenvalue weighted by molar-refractivity contribution is -0.113. The van der Waals surface area contributed by atoms with E-state index in [1.807, 2.05) is 6.07 Å². The average molecular weight is 295 g/mol. The zero-order chi connectivity index (χ0) is 14.2. The fourth-order valence-corrected chi connectivity index (χ4v) is 3.41. The molecule has 20 heavy (non-hydrogen) atoms. The molecule has 0 bridgehead atoms. The van der Waals surface area contributed by atoms with Gasteiger partial charge >= 0.3 is 0 Å². The first-order valence-electron chi connectivity index (χ1n) is 7.69. The van der Waals surface area contributed by atoms with Crippen LogP contribution in [0.3, 0.4) is 0 Å². The topological polar surface area (TPSA) is 57.8 Å². The molecule has 0 atom stereocenters. The smallest absolute Gasteiger partial charge is 0.235 e. The van der Waals surface area contributed by atoms with E-state index >= 15 is 0 Å². The van der Waals surface area contributed by atoms with E-state index in [-0.39, 0.29) is 5.91 Å². The summed E-state index contributed by atoms with van der Waals surface area (Å²) in [5, 5.41) is 10.1. The summed E-state index contributed by atoms with van der Waals surface area (Å²) in [5.74, 6) is 3.03. The van der Waals surface area contributed by atoms with E-state index in [1.54, 1.807) is 11.8 Å². The van der Waals surface area contributed by atoms with Crippen molar-refractivity contribution in [2.45, 2.75) is 51.9 Å². The first-order valence-corrected chi connectivity index (χ1v) is 8.85. The number of anilines is 1. The molecule has 4 nitrogen and oxygen atoms in total. The third-order valence-electron chi connectivity index (χ3n) is 3.71. The Hall–Kier alpha value is -0.970. The Morgan fingerprint density at radius 1 is 1.45 bits per heavy atom. The Balaban J connectivity index is 1.75. The number of thioether (sulfide) groups is 1. The van der Waals surface area contributed by atoms with Gasteiger partial charge in [0.1, 0.15) is 0 Å². The molecule has 0 aromatic carbocycles. The van der Waals surface area contributed by atoms with Crippen LogP contribution in [-0.2, 0) is 11.2 Å². The highest BCUT2D eigenvalue weighted by Crippen LogP contribution is 2.26. The Morgan fingerprint density at radius 2 is 2.25 bits per heavy atom. The summed E-state index contributed by atoms with van der Waals surface area (Å²) < 4.78 is 0. The molecular formula is C15H25N3OS. The van der Waals surface area contributed by atoms with Crippen molar-refractivity contribution < 1.29 is 4.79 Å². The van der Waals surface area contributed by atoms with Gasteiger partial charge in [-0.3, -0.25) is 9.89 Å². The van der Waals surface area contributed by atoms with E-state index in [1.165, 1.54) is 32.1 Å². The lowest BCUT2D eigenvalue weighted by atomic mass is 9.86. The van der Waals surface area contributed by atoms with Crippen LogP contribution in [0.15, 0.2) is 6.07 Å². The zero-order valence-electron chi connectivity index (χ0n) is 12.3. The maximum absolute atomic E-state index is 11.7. The number of nitrogens with zero attached hydrogens (tertiary/aromatic N) is 1. The molecule has 0 aliphatic heterocycles. The van der Waals surface area contributed by atoms with Gasteiger partial charge in [-0.2, -0.15) is 16.9 Å². The van der Waals surface area contributed by atoms with Crippen molar-refractivity contribution in [3.8, 4) is 0 Å². The van der Waals surface area contributed by atoms with E-state index in [0.29, 0.717) is 11.6 Å². The molecule has 0 saturated heterocycles. The molecule has 5 heteroatoms. The highest BCUT2D eigenvalue weighted by molar-refractivity contribution is 7.99. The predicted octanol–water partition coefficient (Wildman–Crippen LogP) is 3.61. The molecule has 1 fully saturated rings. The van der Waals surface area contributed by atoms with Gasteiger partial charge in [-0.15, -0.1) is 0 Å². The molecule has 1 amide bonds. The number of amides is 1. The van der Waals surface area contributed by atoms with Crippen molar-refractivity contribution in [1.29, 1.82) is 0 Å². The fraction of sp³-hybridized carbons (Fsp3) is 0.733. The summed E-state index contributed by atoms with van der Waals surface area (Å²) in [6.07, 6.45) is 8.92. The molecular weight excluding hydrogens is 270 g/mol. The normalized spacial score (nSPS) is 16.2. The van der Waals surface area contributed by atoms with Crippen LogP contribution < -0.4 is 5.32 Å². The summed E-state index contributed by atoms with van der Waals surface area (Å²) in [7, 11) is 0. The number of H-pyrrole nitrogens is 1. The predicted molar refractivity (Wildman–Crippen MR) is 85.1 cm³/mol. The molecule has 0 spiro atoms. The number of rotatable bonds is 7. The Kier molecular flexibility index (Phi) is 6.43. The first-order chi connectivity index (χ1) is 9.78. The molecule has 0 unspecified atom stereocenters. The van der Waals surface area contributed by atoms with Crippen molar-refractivity contribution in [1.82, 2.24) is 10.2 Å². The number of carbonyl (C=O) groups excluding carboxylic acids is 1.